The molecule has 2 aliphatic heterocycles. The van der Waals surface area contributed by atoms with Crippen molar-refractivity contribution in [3.63, 3.8) is 0 Å². The third kappa shape index (κ3) is 4.66. The Morgan fingerprint density at radius 2 is 1.79 bits per heavy atom. The van der Waals surface area contributed by atoms with Crippen LogP contribution in [-0.2, 0) is 13.0 Å². The summed E-state index contributed by atoms with van der Waals surface area (Å²) >= 11 is 0. The number of halogens is 2. The number of methoxy groups -OCH3 is 2. The smallest absolute Gasteiger partial charge is 0.329 e. The van der Waals surface area contributed by atoms with Crippen LogP contribution in [-0.4, -0.2) is 61.8 Å². The zero-order valence-electron chi connectivity index (χ0n) is 22.4. The molecule has 8 nitrogen and oxygen atoms in total. The summed E-state index contributed by atoms with van der Waals surface area (Å²) in [6.45, 7) is 5.56. The molecule has 2 aromatic heterocycles. The van der Waals surface area contributed by atoms with E-state index in [9.17, 15) is 4.79 Å². The average molecular weight is 528 g/mol. The van der Waals surface area contributed by atoms with E-state index >= 15 is 8.78 Å². The number of nitrogens with one attached hydrogen (secondary N) is 1. The zero-order valence-corrected chi connectivity index (χ0v) is 22.4. The van der Waals surface area contributed by atoms with E-state index in [2.05, 4.69) is 27.9 Å². The molecule has 4 heterocycles. The average Bonchev–Trinajstić information content (AvgIpc) is 3.31. The maximum atomic E-state index is 15.2. The number of hydrogen-bond donors (Lipinski definition) is 1. The van der Waals surface area contributed by atoms with Gasteiger partial charge in [-0.15, -0.1) is 0 Å². The van der Waals surface area contributed by atoms with Crippen molar-refractivity contribution in [1.82, 2.24) is 14.9 Å². The quantitative estimate of drug-likeness (QED) is 0.459. The number of carbonyl (C=O) groups excluding carboxylic acids is 1. The lowest BCUT2D eigenvalue weighted by molar-refractivity contribution is 0.228. The first kappa shape index (κ1) is 26.2. The Morgan fingerprint density at radius 1 is 1.05 bits per heavy atom. The Morgan fingerprint density at radius 3 is 2.47 bits per heavy atom. The van der Waals surface area contributed by atoms with E-state index < -0.39 is 23.4 Å². The standard InChI is InChI=1S/C28H35F2N5O3/c1-5-34-10-7-6-8-17(9-11-34)12-19-13-20-25-18(15-31-27(20)32-19)16-35(28(36)33(25)2)26-23(29)21(37-3)14-22(38-4)24(26)30/h13-15,17H,5-12,16H2,1-4H3,(H,31,32). The first-order valence-corrected chi connectivity index (χ1v) is 13.2. The summed E-state index contributed by atoms with van der Waals surface area (Å²) in [4.78, 5) is 26.6. The molecule has 2 aliphatic rings. The van der Waals surface area contributed by atoms with Crippen LogP contribution in [0.4, 0.5) is 25.0 Å². The van der Waals surface area contributed by atoms with Gasteiger partial charge in [-0.2, -0.15) is 0 Å². The van der Waals surface area contributed by atoms with Crippen molar-refractivity contribution in [3.8, 4) is 11.5 Å². The third-order valence-corrected chi connectivity index (χ3v) is 7.91. The Hall–Kier alpha value is -3.40. The fourth-order valence-corrected chi connectivity index (χ4v) is 5.80. The number of ether oxygens (including phenoxy) is 2. The molecule has 1 atom stereocenters. The normalized spacial score (nSPS) is 18.9. The topological polar surface area (TPSA) is 73.9 Å². The van der Waals surface area contributed by atoms with Crippen LogP contribution >= 0.6 is 0 Å². The molecular weight excluding hydrogens is 492 g/mol. The van der Waals surface area contributed by atoms with Crippen LogP contribution in [0.15, 0.2) is 18.3 Å². The Balaban J connectivity index is 1.47. The number of pyridine rings is 1. The van der Waals surface area contributed by atoms with E-state index in [0.717, 1.165) is 48.0 Å². The van der Waals surface area contributed by atoms with Gasteiger partial charge in [0.2, 0.25) is 0 Å². The van der Waals surface area contributed by atoms with Crippen LogP contribution in [0.3, 0.4) is 0 Å². The van der Waals surface area contributed by atoms with Crippen LogP contribution in [0, 0.1) is 17.6 Å². The van der Waals surface area contributed by atoms with E-state index in [1.54, 1.807) is 13.2 Å². The highest BCUT2D eigenvalue weighted by atomic mass is 19.1. The van der Waals surface area contributed by atoms with Gasteiger partial charge in [0.25, 0.3) is 0 Å². The van der Waals surface area contributed by atoms with Gasteiger partial charge in [0, 0.05) is 36.0 Å². The molecule has 10 heteroatoms. The molecule has 38 heavy (non-hydrogen) atoms. The number of likely N-dealkylation sites (tertiary alicyclic amines) is 1. The molecule has 0 aliphatic carbocycles. The molecule has 5 rings (SSSR count). The van der Waals surface area contributed by atoms with Crippen LogP contribution < -0.4 is 19.3 Å². The number of nitrogens with zero attached hydrogens (tertiary/aromatic N) is 4. The molecule has 0 saturated carbocycles. The van der Waals surface area contributed by atoms with Crippen molar-refractivity contribution in [3.05, 3.63) is 41.2 Å². The van der Waals surface area contributed by atoms with Gasteiger partial charge in [0.1, 0.15) is 11.3 Å². The van der Waals surface area contributed by atoms with Crippen molar-refractivity contribution >= 4 is 28.4 Å². The highest BCUT2D eigenvalue weighted by Gasteiger charge is 2.36. The van der Waals surface area contributed by atoms with E-state index in [1.807, 2.05) is 0 Å². The van der Waals surface area contributed by atoms with Crippen LogP contribution in [0.1, 0.15) is 43.9 Å². The summed E-state index contributed by atoms with van der Waals surface area (Å²) in [5.74, 6) is -1.76. The minimum absolute atomic E-state index is 0.0401. The summed E-state index contributed by atoms with van der Waals surface area (Å²) in [6, 6.07) is 2.65. The molecule has 1 fully saturated rings. The number of benzene rings is 1. The second-order valence-electron chi connectivity index (χ2n) is 10.2. The van der Waals surface area contributed by atoms with Gasteiger partial charge < -0.3 is 19.4 Å². The highest BCUT2D eigenvalue weighted by Crippen LogP contribution is 2.42. The van der Waals surface area contributed by atoms with Gasteiger partial charge in [0.05, 0.1) is 26.5 Å². The van der Waals surface area contributed by atoms with E-state index in [4.69, 9.17) is 9.47 Å². The number of rotatable bonds is 6. The fraction of sp³-hybridized carbons (Fsp3) is 0.500. The van der Waals surface area contributed by atoms with Gasteiger partial charge in [-0.3, -0.25) is 9.80 Å². The summed E-state index contributed by atoms with van der Waals surface area (Å²) in [5.41, 5.74) is 2.67. The summed E-state index contributed by atoms with van der Waals surface area (Å²) in [6.07, 6.45) is 7.40. The van der Waals surface area contributed by atoms with Gasteiger partial charge in [-0.25, -0.2) is 18.6 Å². The molecule has 1 aromatic carbocycles. The summed E-state index contributed by atoms with van der Waals surface area (Å²) < 4.78 is 40.6. The number of anilines is 2. The number of urea groups is 1. The summed E-state index contributed by atoms with van der Waals surface area (Å²) in [7, 11) is 4.17. The van der Waals surface area contributed by atoms with Gasteiger partial charge in [0.15, 0.2) is 23.1 Å². The van der Waals surface area contributed by atoms with Crippen molar-refractivity contribution in [1.29, 1.82) is 0 Å². The molecular formula is C28H35F2N5O3. The second kappa shape index (κ2) is 10.8. The lowest BCUT2D eigenvalue weighted by Gasteiger charge is -2.35. The molecule has 0 radical (unpaired) electrons. The van der Waals surface area contributed by atoms with Crippen molar-refractivity contribution in [2.24, 2.45) is 5.92 Å². The predicted octanol–water partition coefficient (Wildman–Crippen LogP) is 5.49. The Labute approximate surface area is 221 Å². The monoisotopic (exact) mass is 527 g/mol. The van der Waals surface area contributed by atoms with Crippen molar-refractivity contribution < 1.29 is 23.0 Å². The van der Waals surface area contributed by atoms with E-state index in [-0.39, 0.29) is 18.0 Å². The van der Waals surface area contributed by atoms with Gasteiger partial charge >= 0.3 is 6.03 Å². The van der Waals surface area contributed by atoms with Gasteiger partial charge in [-0.1, -0.05) is 13.3 Å². The largest absolute Gasteiger partial charge is 0.493 e. The Kier molecular flexibility index (Phi) is 7.43. The first-order chi connectivity index (χ1) is 18.4. The fourth-order valence-electron chi connectivity index (χ4n) is 5.80. The molecule has 204 valence electrons. The second-order valence-corrected chi connectivity index (χ2v) is 10.2. The predicted molar refractivity (Wildman–Crippen MR) is 143 cm³/mol. The molecule has 0 bridgehead atoms. The molecule has 1 N–H and O–H groups in total. The molecule has 1 unspecified atom stereocenters. The summed E-state index contributed by atoms with van der Waals surface area (Å²) in [5, 5.41) is 0.832. The number of aromatic nitrogens is 2. The SMILES string of the molecule is CCN1CCCCC(Cc2cc3c4c(cnc3[nH]2)CN(c2c(F)c(OC)cc(OC)c2F)C(=O)N4C)CC1. The number of aromatic amines is 1. The van der Waals surface area contributed by atoms with Crippen molar-refractivity contribution in [2.45, 2.75) is 45.6 Å². The Bertz CT molecular complexity index is 1320. The minimum Gasteiger partial charge on any atom is -0.493 e. The van der Waals surface area contributed by atoms with E-state index in [1.165, 1.54) is 44.9 Å². The highest BCUT2D eigenvalue weighted by molar-refractivity contribution is 6.11. The lowest BCUT2D eigenvalue weighted by atomic mass is 9.91. The first-order valence-electron chi connectivity index (χ1n) is 13.2. The van der Waals surface area contributed by atoms with Crippen molar-refractivity contribution in [2.75, 3.05) is 50.7 Å². The number of fused-ring (bicyclic) bond motifs is 3. The zero-order chi connectivity index (χ0) is 27.0. The number of amides is 2. The molecule has 1 saturated heterocycles. The molecule has 2 amide bonds. The number of carbonyl (C=O) groups is 1. The van der Waals surface area contributed by atoms with E-state index in [0.29, 0.717) is 22.8 Å². The van der Waals surface area contributed by atoms with Crippen LogP contribution in [0.25, 0.3) is 11.0 Å². The lowest BCUT2D eigenvalue weighted by Crippen LogP contribution is -2.46. The number of hydrogen-bond acceptors (Lipinski definition) is 5. The minimum atomic E-state index is -0.963. The van der Waals surface area contributed by atoms with Crippen LogP contribution in [0.2, 0.25) is 0 Å². The van der Waals surface area contributed by atoms with Gasteiger partial charge in [-0.05, 0) is 57.3 Å². The molecule has 3 aromatic rings. The maximum absolute atomic E-state index is 15.2. The number of H-pyrrole nitrogens is 1. The van der Waals surface area contributed by atoms with Crippen LogP contribution in [0.5, 0.6) is 11.5 Å². The third-order valence-electron chi connectivity index (χ3n) is 7.91. The maximum Gasteiger partial charge on any atom is 0.329 e. The molecule has 0 spiro atoms.